The number of aliphatic hydroxyl groups excluding tert-OH is 1. The zero-order valence-electron chi connectivity index (χ0n) is 15.3. The second-order valence-corrected chi connectivity index (χ2v) is 9.42. The molecular formula is C20H32O3. The summed E-state index contributed by atoms with van der Waals surface area (Å²) < 4.78 is 6.53. The van der Waals surface area contributed by atoms with Crippen LogP contribution in [0.25, 0.3) is 0 Å². The van der Waals surface area contributed by atoms with Gasteiger partial charge in [0.1, 0.15) is 5.78 Å². The van der Waals surface area contributed by atoms with E-state index in [-0.39, 0.29) is 22.3 Å². The second kappa shape index (κ2) is 4.92. The highest BCUT2D eigenvalue weighted by Crippen LogP contribution is 2.64. The van der Waals surface area contributed by atoms with E-state index in [4.69, 9.17) is 4.74 Å². The third kappa shape index (κ3) is 2.26. The Morgan fingerprint density at radius 1 is 1.22 bits per heavy atom. The van der Waals surface area contributed by atoms with Crippen LogP contribution < -0.4 is 0 Å². The molecule has 0 bridgehead atoms. The lowest BCUT2D eigenvalue weighted by Gasteiger charge is -2.65. The Balaban J connectivity index is 2.03. The van der Waals surface area contributed by atoms with Crippen molar-refractivity contribution in [2.75, 3.05) is 0 Å². The first-order valence-corrected chi connectivity index (χ1v) is 9.04. The Kier molecular flexibility index (Phi) is 3.67. The summed E-state index contributed by atoms with van der Waals surface area (Å²) in [5, 5.41) is 11.1. The van der Waals surface area contributed by atoms with Crippen LogP contribution in [0, 0.1) is 22.7 Å². The first-order chi connectivity index (χ1) is 10.5. The van der Waals surface area contributed by atoms with Gasteiger partial charge in [0, 0.05) is 24.2 Å². The Labute approximate surface area is 140 Å². The van der Waals surface area contributed by atoms with Crippen molar-refractivity contribution in [3.05, 3.63) is 12.7 Å². The van der Waals surface area contributed by atoms with Crippen molar-refractivity contribution >= 4 is 5.78 Å². The van der Waals surface area contributed by atoms with E-state index in [1.54, 1.807) is 0 Å². The van der Waals surface area contributed by atoms with Crippen molar-refractivity contribution in [1.82, 2.24) is 0 Å². The van der Waals surface area contributed by atoms with Gasteiger partial charge in [-0.05, 0) is 44.4 Å². The topological polar surface area (TPSA) is 46.5 Å². The molecule has 3 nitrogen and oxygen atoms in total. The molecule has 0 aromatic heterocycles. The molecule has 130 valence electrons. The number of Topliss-reactive ketones (excluding diaryl/α,β-unsaturated/α-hetero) is 1. The number of hydrogen-bond donors (Lipinski definition) is 1. The minimum atomic E-state index is -0.464. The fourth-order valence-corrected chi connectivity index (χ4v) is 6.44. The van der Waals surface area contributed by atoms with Crippen LogP contribution in [0.15, 0.2) is 12.7 Å². The fourth-order valence-electron chi connectivity index (χ4n) is 6.44. The Morgan fingerprint density at radius 2 is 1.87 bits per heavy atom. The first-order valence-electron chi connectivity index (χ1n) is 9.04. The number of ketones is 1. The van der Waals surface area contributed by atoms with Crippen LogP contribution in [0.3, 0.4) is 0 Å². The number of hydrogen-bond acceptors (Lipinski definition) is 3. The van der Waals surface area contributed by atoms with Gasteiger partial charge in [0.2, 0.25) is 0 Å². The zero-order chi connectivity index (χ0) is 17.3. The van der Waals surface area contributed by atoms with Crippen molar-refractivity contribution in [1.29, 1.82) is 0 Å². The highest BCUT2D eigenvalue weighted by molar-refractivity contribution is 5.85. The lowest BCUT2D eigenvalue weighted by atomic mass is 9.43. The normalized spacial score (nSPS) is 52.4. The average molecular weight is 320 g/mol. The van der Waals surface area contributed by atoms with Crippen molar-refractivity contribution in [2.45, 2.75) is 84.0 Å². The molecule has 1 saturated heterocycles. The molecule has 1 heterocycles. The van der Waals surface area contributed by atoms with Crippen molar-refractivity contribution in [3.8, 4) is 0 Å². The van der Waals surface area contributed by atoms with Gasteiger partial charge >= 0.3 is 0 Å². The molecular weight excluding hydrogens is 288 g/mol. The van der Waals surface area contributed by atoms with E-state index in [9.17, 15) is 9.90 Å². The van der Waals surface area contributed by atoms with Crippen LogP contribution in [0.1, 0.15) is 66.7 Å². The lowest BCUT2D eigenvalue weighted by Crippen LogP contribution is -2.67. The quantitative estimate of drug-likeness (QED) is 0.746. The number of ether oxygens (including phenoxy) is 1. The summed E-state index contributed by atoms with van der Waals surface area (Å²) in [6.07, 6.45) is 5.39. The van der Waals surface area contributed by atoms with Gasteiger partial charge in [0.15, 0.2) is 0 Å². The van der Waals surface area contributed by atoms with Crippen molar-refractivity contribution in [2.24, 2.45) is 22.7 Å². The molecule has 0 spiro atoms. The number of rotatable bonds is 1. The standard InChI is InChI=1S/C20H32O3/c1-7-18(4)12-13(21)16-19(5)10-9-15(22)17(2,3)14(19)8-11-20(16,6)23-18/h7,13-14,16,21H,1,8-12H2,2-6H3/t13?,14?,16?,18-,19+,20-/m0/s1. The number of fused-ring (bicyclic) bond motifs is 3. The SMILES string of the molecule is C=C[C@@]1(C)CC(O)C2[C@]3(C)CCC(=O)C(C)(C)C3CC[C@]2(C)O1. The van der Waals surface area contributed by atoms with E-state index in [1.165, 1.54) is 0 Å². The Hall–Kier alpha value is -0.670. The predicted molar refractivity (Wildman–Crippen MR) is 91.1 cm³/mol. The number of aliphatic hydroxyl groups is 1. The molecule has 0 aromatic rings. The second-order valence-electron chi connectivity index (χ2n) is 9.42. The maximum atomic E-state index is 12.5. The molecule has 1 aliphatic heterocycles. The average Bonchev–Trinajstić information content (AvgIpc) is 2.41. The van der Waals surface area contributed by atoms with E-state index in [2.05, 4.69) is 34.3 Å². The summed E-state index contributed by atoms with van der Waals surface area (Å²) in [7, 11) is 0. The Bertz CT molecular complexity index is 539. The molecule has 3 heteroatoms. The molecule has 0 aromatic carbocycles. The minimum Gasteiger partial charge on any atom is -0.393 e. The summed E-state index contributed by atoms with van der Waals surface area (Å²) in [6.45, 7) is 14.6. The van der Waals surface area contributed by atoms with Gasteiger partial charge in [-0.1, -0.05) is 26.8 Å². The molecule has 2 saturated carbocycles. The fraction of sp³-hybridized carbons (Fsp3) is 0.850. The summed E-state index contributed by atoms with van der Waals surface area (Å²) >= 11 is 0. The lowest BCUT2D eigenvalue weighted by molar-refractivity contribution is -0.280. The molecule has 2 aliphatic carbocycles. The third-order valence-corrected chi connectivity index (χ3v) is 7.47. The molecule has 0 amide bonds. The van der Waals surface area contributed by atoms with Crippen LogP contribution in [-0.4, -0.2) is 28.2 Å². The van der Waals surface area contributed by atoms with Gasteiger partial charge in [-0.15, -0.1) is 6.58 Å². The maximum Gasteiger partial charge on any atom is 0.138 e. The van der Waals surface area contributed by atoms with E-state index < -0.39 is 11.7 Å². The first kappa shape index (κ1) is 17.2. The monoisotopic (exact) mass is 320 g/mol. The molecule has 3 unspecified atom stereocenters. The van der Waals surface area contributed by atoms with E-state index in [1.807, 2.05) is 13.0 Å². The maximum absolute atomic E-state index is 12.5. The highest BCUT2D eigenvalue weighted by Gasteiger charge is 2.65. The number of carbonyl (C=O) groups is 1. The number of carbonyl (C=O) groups excluding carboxylic acids is 1. The van der Waals surface area contributed by atoms with Crippen LogP contribution >= 0.6 is 0 Å². The zero-order valence-corrected chi connectivity index (χ0v) is 15.3. The molecule has 0 radical (unpaired) electrons. The molecule has 6 atom stereocenters. The van der Waals surface area contributed by atoms with Gasteiger partial charge in [0.05, 0.1) is 17.3 Å². The molecule has 3 rings (SSSR count). The van der Waals surface area contributed by atoms with Gasteiger partial charge in [-0.25, -0.2) is 0 Å². The summed E-state index contributed by atoms with van der Waals surface area (Å²) in [4.78, 5) is 12.5. The van der Waals surface area contributed by atoms with Gasteiger partial charge in [-0.2, -0.15) is 0 Å². The van der Waals surface area contributed by atoms with Gasteiger partial charge in [-0.3, -0.25) is 4.79 Å². The Morgan fingerprint density at radius 3 is 2.48 bits per heavy atom. The van der Waals surface area contributed by atoms with Gasteiger partial charge < -0.3 is 9.84 Å². The third-order valence-electron chi connectivity index (χ3n) is 7.47. The summed E-state index contributed by atoms with van der Waals surface area (Å²) in [5.74, 6) is 0.778. The van der Waals surface area contributed by atoms with Crippen LogP contribution in [0.5, 0.6) is 0 Å². The summed E-state index contributed by atoms with van der Waals surface area (Å²) in [6, 6.07) is 0. The van der Waals surface area contributed by atoms with Crippen molar-refractivity contribution < 1.29 is 14.6 Å². The van der Waals surface area contributed by atoms with Gasteiger partial charge in [0.25, 0.3) is 0 Å². The molecule has 23 heavy (non-hydrogen) atoms. The van der Waals surface area contributed by atoms with Crippen LogP contribution in [0.2, 0.25) is 0 Å². The van der Waals surface area contributed by atoms with E-state index in [0.717, 1.165) is 19.3 Å². The van der Waals surface area contributed by atoms with Crippen LogP contribution in [-0.2, 0) is 9.53 Å². The van der Waals surface area contributed by atoms with E-state index in [0.29, 0.717) is 24.5 Å². The summed E-state index contributed by atoms with van der Waals surface area (Å²) in [5.41, 5.74) is -1.16. The minimum absolute atomic E-state index is 0.0493. The van der Waals surface area contributed by atoms with Crippen molar-refractivity contribution in [3.63, 3.8) is 0 Å². The predicted octanol–water partition coefficient (Wildman–Crippen LogP) is 3.89. The highest BCUT2D eigenvalue weighted by atomic mass is 16.5. The molecule has 3 aliphatic rings. The molecule has 1 N–H and O–H groups in total. The van der Waals surface area contributed by atoms with E-state index >= 15 is 0 Å². The largest absolute Gasteiger partial charge is 0.393 e. The molecule has 3 fully saturated rings. The smallest absolute Gasteiger partial charge is 0.138 e. The van der Waals surface area contributed by atoms with Crippen LogP contribution in [0.4, 0.5) is 0 Å².